The van der Waals surface area contributed by atoms with Gasteiger partial charge in [0, 0.05) is 54.3 Å². The van der Waals surface area contributed by atoms with Gasteiger partial charge in [0.15, 0.2) is 17.5 Å². The summed E-state index contributed by atoms with van der Waals surface area (Å²) in [5, 5.41) is 12.6. The monoisotopic (exact) mass is 541 g/mol. The number of hydrogen-bond acceptors (Lipinski definition) is 5. The highest BCUT2D eigenvalue weighted by Gasteiger charge is 2.22. The predicted octanol–water partition coefficient (Wildman–Crippen LogP) is 4.64. The van der Waals surface area contributed by atoms with E-state index in [1.165, 1.54) is 30.6 Å². The van der Waals surface area contributed by atoms with Gasteiger partial charge in [-0.2, -0.15) is 5.10 Å². The van der Waals surface area contributed by atoms with Crippen LogP contribution in [0.25, 0.3) is 22.4 Å². The first-order valence-electron chi connectivity index (χ1n) is 11.5. The van der Waals surface area contributed by atoms with Crippen LogP contribution in [0, 0.1) is 18.6 Å². The molecular weight excluding hydrogens is 516 g/mol. The number of anilines is 1. The van der Waals surface area contributed by atoms with Crippen molar-refractivity contribution in [3.63, 3.8) is 0 Å². The van der Waals surface area contributed by atoms with Crippen LogP contribution in [-0.2, 0) is 0 Å². The SMILES string of the molecule is C.Cc1[nH]ncc1-c1ccc(-c2cnc(C(=O)Nc3ccc(C(=O)N4CCNCC4)c(Cl)c3)[nH]2)c(F)c1F. The van der Waals surface area contributed by atoms with Gasteiger partial charge >= 0.3 is 0 Å². The molecule has 0 unspecified atom stereocenters. The average Bonchev–Trinajstić information content (AvgIpc) is 3.55. The average molecular weight is 542 g/mol. The molecule has 12 heteroatoms. The quantitative estimate of drug-likeness (QED) is 0.293. The number of piperazine rings is 1. The lowest BCUT2D eigenvalue weighted by Gasteiger charge is -2.27. The van der Waals surface area contributed by atoms with Gasteiger partial charge < -0.3 is 20.5 Å². The molecule has 2 aromatic heterocycles. The molecule has 1 fully saturated rings. The maximum atomic E-state index is 14.9. The summed E-state index contributed by atoms with van der Waals surface area (Å²) in [6.45, 7) is 4.31. The maximum absolute atomic E-state index is 14.9. The Morgan fingerprint density at radius 2 is 1.74 bits per heavy atom. The van der Waals surface area contributed by atoms with Crippen LogP contribution in [0.15, 0.2) is 42.7 Å². The van der Waals surface area contributed by atoms with Crippen molar-refractivity contribution in [3.05, 3.63) is 76.5 Å². The fourth-order valence-electron chi connectivity index (χ4n) is 4.16. The van der Waals surface area contributed by atoms with Crippen LogP contribution >= 0.6 is 11.6 Å². The number of amides is 2. The zero-order valence-electron chi connectivity index (χ0n) is 19.7. The van der Waals surface area contributed by atoms with Gasteiger partial charge in [0.05, 0.1) is 28.7 Å². The molecule has 1 aliphatic rings. The number of aromatic amines is 2. The molecular formula is C26H26ClF2N7O2. The van der Waals surface area contributed by atoms with Crippen molar-refractivity contribution in [2.45, 2.75) is 14.4 Å². The van der Waals surface area contributed by atoms with E-state index >= 15 is 0 Å². The summed E-state index contributed by atoms with van der Waals surface area (Å²) in [5.41, 5.74) is 1.87. The van der Waals surface area contributed by atoms with Gasteiger partial charge in [-0.15, -0.1) is 0 Å². The molecule has 1 saturated heterocycles. The zero-order valence-corrected chi connectivity index (χ0v) is 20.4. The number of hydrogen-bond donors (Lipinski definition) is 4. The number of benzene rings is 2. The molecule has 0 spiro atoms. The van der Waals surface area contributed by atoms with Crippen LogP contribution in [0.5, 0.6) is 0 Å². The Morgan fingerprint density at radius 1 is 1.03 bits per heavy atom. The van der Waals surface area contributed by atoms with E-state index in [-0.39, 0.29) is 41.0 Å². The number of rotatable bonds is 5. The lowest BCUT2D eigenvalue weighted by atomic mass is 10.0. The van der Waals surface area contributed by atoms with Gasteiger partial charge in [-0.1, -0.05) is 25.1 Å². The van der Waals surface area contributed by atoms with Crippen molar-refractivity contribution in [1.82, 2.24) is 30.4 Å². The summed E-state index contributed by atoms with van der Waals surface area (Å²) in [4.78, 5) is 33.9. The standard InChI is InChI=1S/C25H22ClF2N7O2.CH4/c1-13-18(11-31-34-13)15-4-5-17(22(28)21(15)27)20-12-30-23(33-20)24(36)32-14-2-3-16(19(26)10-14)25(37)35-8-6-29-7-9-35;/h2-5,10-12,29H,6-9H2,1H3,(H,30,33)(H,31,34)(H,32,36);1H4. The van der Waals surface area contributed by atoms with E-state index in [1.807, 2.05) is 0 Å². The summed E-state index contributed by atoms with van der Waals surface area (Å²) < 4.78 is 29.7. The maximum Gasteiger partial charge on any atom is 0.291 e. The van der Waals surface area contributed by atoms with Crippen LogP contribution in [0.2, 0.25) is 5.02 Å². The molecule has 0 bridgehead atoms. The van der Waals surface area contributed by atoms with Crippen molar-refractivity contribution in [1.29, 1.82) is 0 Å². The summed E-state index contributed by atoms with van der Waals surface area (Å²) in [6, 6.07) is 7.44. The third kappa shape index (κ3) is 5.15. The first-order chi connectivity index (χ1) is 17.8. The third-order valence-electron chi connectivity index (χ3n) is 6.15. The number of aromatic nitrogens is 4. The summed E-state index contributed by atoms with van der Waals surface area (Å²) >= 11 is 6.33. The largest absolute Gasteiger partial charge is 0.336 e. The third-order valence-corrected chi connectivity index (χ3v) is 6.46. The van der Waals surface area contributed by atoms with E-state index in [1.54, 1.807) is 24.0 Å². The fourth-order valence-corrected chi connectivity index (χ4v) is 4.42. The smallest absolute Gasteiger partial charge is 0.291 e. The number of carbonyl (C=O) groups excluding carboxylic acids is 2. The lowest BCUT2D eigenvalue weighted by Crippen LogP contribution is -2.46. The highest BCUT2D eigenvalue weighted by molar-refractivity contribution is 6.34. The van der Waals surface area contributed by atoms with Gasteiger partial charge in [0.2, 0.25) is 0 Å². The van der Waals surface area contributed by atoms with E-state index in [4.69, 9.17) is 11.6 Å². The van der Waals surface area contributed by atoms with Gasteiger partial charge in [0.1, 0.15) is 0 Å². The molecule has 3 heterocycles. The molecule has 0 atom stereocenters. The molecule has 1 aliphatic heterocycles. The summed E-state index contributed by atoms with van der Waals surface area (Å²) in [5.74, 6) is -3.02. The van der Waals surface area contributed by atoms with Crippen molar-refractivity contribution < 1.29 is 18.4 Å². The number of halogens is 3. The molecule has 2 amide bonds. The number of aryl methyl sites for hydroxylation is 1. The van der Waals surface area contributed by atoms with Crippen LogP contribution in [0.3, 0.4) is 0 Å². The number of nitrogens with zero attached hydrogens (tertiary/aromatic N) is 3. The zero-order chi connectivity index (χ0) is 26.1. The molecule has 9 nitrogen and oxygen atoms in total. The number of imidazole rings is 1. The van der Waals surface area contributed by atoms with Crippen LogP contribution in [0.1, 0.15) is 34.1 Å². The Hall–Kier alpha value is -4.09. The first kappa shape index (κ1) is 27.0. The molecule has 4 aromatic rings. The normalized spacial score (nSPS) is 13.2. The van der Waals surface area contributed by atoms with Gasteiger partial charge in [-0.25, -0.2) is 13.8 Å². The highest BCUT2D eigenvalue weighted by atomic mass is 35.5. The van der Waals surface area contributed by atoms with Crippen LogP contribution in [0.4, 0.5) is 14.5 Å². The molecule has 0 radical (unpaired) electrons. The van der Waals surface area contributed by atoms with E-state index < -0.39 is 17.5 Å². The predicted molar refractivity (Wildman–Crippen MR) is 141 cm³/mol. The number of carbonyl (C=O) groups is 2. The Balaban J connectivity index is 0.00000336. The van der Waals surface area contributed by atoms with Crippen molar-refractivity contribution in [3.8, 4) is 22.4 Å². The number of H-pyrrole nitrogens is 2. The fraction of sp³-hybridized carbons (Fsp3) is 0.231. The minimum absolute atomic E-state index is 0. The van der Waals surface area contributed by atoms with E-state index in [0.29, 0.717) is 48.7 Å². The lowest BCUT2D eigenvalue weighted by molar-refractivity contribution is 0.0736. The molecule has 5 rings (SSSR count). The molecule has 2 aromatic carbocycles. The molecule has 38 heavy (non-hydrogen) atoms. The van der Waals surface area contributed by atoms with E-state index in [0.717, 1.165) is 0 Å². The van der Waals surface area contributed by atoms with Crippen LogP contribution < -0.4 is 10.6 Å². The minimum Gasteiger partial charge on any atom is -0.336 e. The highest BCUT2D eigenvalue weighted by Crippen LogP contribution is 2.32. The molecule has 4 N–H and O–H groups in total. The van der Waals surface area contributed by atoms with Gasteiger partial charge in [-0.3, -0.25) is 14.7 Å². The second kappa shape index (κ2) is 11.1. The Kier molecular flexibility index (Phi) is 7.88. The van der Waals surface area contributed by atoms with Gasteiger partial charge in [0.25, 0.3) is 11.8 Å². The van der Waals surface area contributed by atoms with E-state index in [2.05, 4.69) is 30.8 Å². The molecule has 0 saturated carbocycles. The summed E-state index contributed by atoms with van der Waals surface area (Å²) in [7, 11) is 0. The Bertz CT molecular complexity index is 1490. The molecule has 0 aliphatic carbocycles. The Morgan fingerprint density at radius 3 is 2.42 bits per heavy atom. The first-order valence-corrected chi connectivity index (χ1v) is 11.9. The number of nitrogens with one attached hydrogen (secondary N) is 4. The van der Waals surface area contributed by atoms with Crippen molar-refractivity contribution in [2.75, 3.05) is 31.5 Å². The van der Waals surface area contributed by atoms with E-state index in [9.17, 15) is 18.4 Å². The van der Waals surface area contributed by atoms with Crippen LogP contribution in [-0.4, -0.2) is 63.1 Å². The van der Waals surface area contributed by atoms with Crippen molar-refractivity contribution >= 4 is 29.1 Å². The minimum atomic E-state index is -1.08. The Labute approximate surface area is 222 Å². The van der Waals surface area contributed by atoms with Gasteiger partial charge in [-0.05, 0) is 31.2 Å². The second-order valence-corrected chi connectivity index (χ2v) is 8.94. The van der Waals surface area contributed by atoms with Crippen molar-refractivity contribution in [2.24, 2.45) is 0 Å². The second-order valence-electron chi connectivity index (χ2n) is 8.53. The summed E-state index contributed by atoms with van der Waals surface area (Å²) in [6.07, 6.45) is 2.67. The topological polar surface area (TPSA) is 119 Å². The molecule has 198 valence electrons.